The van der Waals surface area contributed by atoms with E-state index in [4.69, 9.17) is 0 Å². The molecule has 0 aromatic heterocycles. The lowest BCUT2D eigenvalue weighted by molar-refractivity contribution is -0.151. The molecule has 1 saturated heterocycles. The molecule has 0 aromatic rings. The molecule has 3 unspecified atom stereocenters. The van der Waals surface area contributed by atoms with Crippen molar-refractivity contribution in [3.8, 4) is 0 Å². The summed E-state index contributed by atoms with van der Waals surface area (Å²) in [7, 11) is 0. The molecule has 0 aliphatic carbocycles. The van der Waals surface area contributed by atoms with E-state index in [1.165, 1.54) is 0 Å². The number of hydrogen-bond acceptors (Lipinski definition) is 2. The number of carbonyl (C=O) groups excluding carboxylic acids is 2. The summed E-state index contributed by atoms with van der Waals surface area (Å²) in [6.45, 7) is 9.95. The molecule has 17 heavy (non-hydrogen) atoms. The number of hydrogen-bond donors (Lipinski definition) is 1. The third-order valence-electron chi connectivity index (χ3n) is 3.44. The van der Waals surface area contributed by atoms with E-state index in [1.54, 1.807) is 11.8 Å². The van der Waals surface area contributed by atoms with E-state index in [-0.39, 0.29) is 29.9 Å². The van der Waals surface area contributed by atoms with Crippen LogP contribution in [0.1, 0.15) is 47.5 Å². The molecule has 4 nitrogen and oxygen atoms in total. The van der Waals surface area contributed by atoms with Crippen LogP contribution in [0.25, 0.3) is 0 Å². The fourth-order valence-corrected chi connectivity index (χ4v) is 2.28. The third kappa shape index (κ3) is 2.99. The molecular formula is C13H24N2O2. The Morgan fingerprint density at radius 3 is 2.35 bits per heavy atom. The molecule has 4 heteroatoms. The van der Waals surface area contributed by atoms with Gasteiger partial charge in [-0.2, -0.15) is 0 Å². The average molecular weight is 240 g/mol. The second-order valence-corrected chi connectivity index (χ2v) is 5.37. The van der Waals surface area contributed by atoms with Crippen molar-refractivity contribution in [2.24, 2.45) is 5.92 Å². The Hall–Kier alpha value is -1.06. The summed E-state index contributed by atoms with van der Waals surface area (Å²) in [5.74, 6) is 0.437. The van der Waals surface area contributed by atoms with E-state index < -0.39 is 0 Å². The Morgan fingerprint density at radius 1 is 1.29 bits per heavy atom. The van der Waals surface area contributed by atoms with Gasteiger partial charge in [-0.15, -0.1) is 0 Å². The summed E-state index contributed by atoms with van der Waals surface area (Å²) >= 11 is 0. The minimum Gasteiger partial charge on any atom is -0.343 e. The molecule has 98 valence electrons. The van der Waals surface area contributed by atoms with Gasteiger partial charge in [0.15, 0.2) is 0 Å². The smallest absolute Gasteiger partial charge is 0.246 e. The molecule has 0 aromatic carbocycles. The largest absolute Gasteiger partial charge is 0.343 e. The van der Waals surface area contributed by atoms with E-state index in [0.717, 1.165) is 6.42 Å². The van der Waals surface area contributed by atoms with Crippen LogP contribution in [0.15, 0.2) is 0 Å². The van der Waals surface area contributed by atoms with E-state index in [0.29, 0.717) is 12.3 Å². The number of nitrogens with zero attached hydrogens (tertiary/aromatic N) is 1. The minimum absolute atomic E-state index is 0.0319. The van der Waals surface area contributed by atoms with Gasteiger partial charge < -0.3 is 10.2 Å². The SMILES string of the molecule is CCC(C)N1C(=O)C(CC(C)C)NC(=O)C1C. The van der Waals surface area contributed by atoms with Crippen LogP contribution in [0, 0.1) is 5.92 Å². The summed E-state index contributed by atoms with van der Waals surface area (Å²) in [5, 5.41) is 2.83. The van der Waals surface area contributed by atoms with Crippen LogP contribution < -0.4 is 5.32 Å². The molecule has 2 amide bonds. The first-order valence-corrected chi connectivity index (χ1v) is 6.51. The number of piperazine rings is 1. The predicted octanol–water partition coefficient (Wildman–Crippen LogP) is 1.55. The van der Waals surface area contributed by atoms with Gasteiger partial charge in [0.2, 0.25) is 11.8 Å². The Morgan fingerprint density at radius 2 is 1.88 bits per heavy atom. The molecule has 1 rings (SSSR count). The summed E-state index contributed by atoms with van der Waals surface area (Å²) in [6, 6.07) is -0.563. The number of carbonyl (C=O) groups is 2. The zero-order valence-electron chi connectivity index (χ0n) is 11.5. The van der Waals surface area contributed by atoms with Crippen LogP contribution in [0.4, 0.5) is 0 Å². The Labute approximate surface area is 104 Å². The Bertz CT molecular complexity index is 302. The van der Waals surface area contributed by atoms with Gasteiger partial charge >= 0.3 is 0 Å². The normalized spacial score (nSPS) is 27.3. The molecular weight excluding hydrogens is 216 g/mol. The highest BCUT2D eigenvalue weighted by molar-refractivity contribution is 5.96. The fourth-order valence-electron chi connectivity index (χ4n) is 2.28. The lowest BCUT2D eigenvalue weighted by atomic mass is 9.97. The van der Waals surface area contributed by atoms with Crippen LogP contribution in [0.3, 0.4) is 0 Å². The van der Waals surface area contributed by atoms with Crippen LogP contribution in [0.5, 0.6) is 0 Å². The van der Waals surface area contributed by atoms with Crippen LogP contribution in [-0.2, 0) is 9.59 Å². The molecule has 1 aliphatic rings. The number of rotatable bonds is 4. The molecule has 0 radical (unpaired) electrons. The van der Waals surface area contributed by atoms with Crippen molar-refractivity contribution in [3.63, 3.8) is 0 Å². The maximum Gasteiger partial charge on any atom is 0.246 e. The molecule has 0 bridgehead atoms. The standard InChI is InChI=1S/C13H24N2O2/c1-6-9(4)15-10(5)12(16)14-11(13(15)17)7-8(2)3/h8-11H,6-7H2,1-5H3,(H,14,16). The van der Waals surface area contributed by atoms with Gasteiger partial charge in [0.1, 0.15) is 12.1 Å². The summed E-state index contributed by atoms with van der Waals surface area (Å²) in [4.78, 5) is 25.9. The van der Waals surface area contributed by atoms with Crippen molar-refractivity contribution in [2.45, 2.75) is 65.6 Å². The fraction of sp³-hybridized carbons (Fsp3) is 0.846. The Kier molecular flexibility index (Phi) is 4.54. The maximum atomic E-state index is 12.3. The van der Waals surface area contributed by atoms with Gasteiger partial charge in [0.25, 0.3) is 0 Å². The van der Waals surface area contributed by atoms with Crippen molar-refractivity contribution in [3.05, 3.63) is 0 Å². The van der Waals surface area contributed by atoms with Gasteiger partial charge in [-0.05, 0) is 32.6 Å². The van der Waals surface area contributed by atoms with Gasteiger partial charge in [-0.3, -0.25) is 9.59 Å². The van der Waals surface area contributed by atoms with Crippen molar-refractivity contribution in [2.75, 3.05) is 0 Å². The third-order valence-corrected chi connectivity index (χ3v) is 3.44. The van der Waals surface area contributed by atoms with Gasteiger partial charge in [0.05, 0.1) is 0 Å². The zero-order valence-corrected chi connectivity index (χ0v) is 11.5. The van der Waals surface area contributed by atoms with Gasteiger partial charge in [0, 0.05) is 6.04 Å². The lowest BCUT2D eigenvalue weighted by Crippen LogP contribution is -2.64. The zero-order chi connectivity index (χ0) is 13.2. The second-order valence-electron chi connectivity index (χ2n) is 5.37. The molecule has 3 atom stereocenters. The number of nitrogens with one attached hydrogen (secondary N) is 1. The highest BCUT2D eigenvalue weighted by Gasteiger charge is 2.39. The minimum atomic E-state index is -0.346. The first kappa shape index (κ1) is 14.0. The van der Waals surface area contributed by atoms with Crippen LogP contribution in [0.2, 0.25) is 0 Å². The average Bonchev–Trinajstić information content (AvgIpc) is 2.25. The van der Waals surface area contributed by atoms with E-state index in [9.17, 15) is 9.59 Å². The van der Waals surface area contributed by atoms with Crippen molar-refractivity contribution >= 4 is 11.8 Å². The lowest BCUT2D eigenvalue weighted by Gasteiger charge is -2.41. The summed E-state index contributed by atoms with van der Waals surface area (Å²) in [6.07, 6.45) is 1.59. The first-order valence-electron chi connectivity index (χ1n) is 6.51. The molecule has 1 heterocycles. The Balaban J connectivity index is 2.87. The molecule has 0 saturated carbocycles. The van der Waals surface area contributed by atoms with Gasteiger partial charge in [-0.25, -0.2) is 0 Å². The highest BCUT2D eigenvalue weighted by atomic mass is 16.2. The first-order chi connectivity index (χ1) is 7.88. The molecule has 0 spiro atoms. The van der Waals surface area contributed by atoms with E-state index >= 15 is 0 Å². The second kappa shape index (κ2) is 5.52. The molecule has 1 aliphatic heterocycles. The summed E-state index contributed by atoms with van der Waals surface area (Å²) < 4.78 is 0. The predicted molar refractivity (Wildman–Crippen MR) is 67.4 cm³/mol. The highest BCUT2D eigenvalue weighted by Crippen LogP contribution is 2.19. The quantitative estimate of drug-likeness (QED) is 0.810. The van der Waals surface area contributed by atoms with E-state index in [2.05, 4.69) is 19.2 Å². The van der Waals surface area contributed by atoms with Crippen molar-refractivity contribution < 1.29 is 9.59 Å². The van der Waals surface area contributed by atoms with Crippen molar-refractivity contribution in [1.82, 2.24) is 10.2 Å². The monoisotopic (exact) mass is 240 g/mol. The maximum absolute atomic E-state index is 12.3. The topological polar surface area (TPSA) is 49.4 Å². The van der Waals surface area contributed by atoms with Crippen molar-refractivity contribution in [1.29, 1.82) is 0 Å². The van der Waals surface area contributed by atoms with Crippen LogP contribution >= 0.6 is 0 Å². The van der Waals surface area contributed by atoms with Gasteiger partial charge in [-0.1, -0.05) is 20.8 Å². The molecule has 1 N–H and O–H groups in total. The number of amides is 2. The summed E-state index contributed by atoms with van der Waals surface area (Å²) in [5.41, 5.74) is 0. The molecule has 1 fully saturated rings. The van der Waals surface area contributed by atoms with E-state index in [1.807, 2.05) is 13.8 Å². The van der Waals surface area contributed by atoms with Crippen LogP contribution in [-0.4, -0.2) is 34.8 Å².